The predicted octanol–water partition coefficient (Wildman–Crippen LogP) is 6.46. The molecule has 0 aromatic heterocycles. The number of carbonyl (C=O) groups is 2. The molecule has 0 spiro atoms. The van der Waals surface area contributed by atoms with Gasteiger partial charge in [-0.15, -0.1) is 0 Å². The number of ether oxygens (including phenoxy) is 2. The lowest BCUT2D eigenvalue weighted by Gasteiger charge is -2.38. The van der Waals surface area contributed by atoms with Crippen molar-refractivity contribution in [1.29, 1.82) is 0 Å². The number of carboxylic acid groups (broad SMARTS) is 2. The topological polar surface area (TPSA) is 134 Å². The molecule has 0 saturated carbocycles. The average molecular weight is 800 g/mol. The van der Waals surface area contributed by atoms with Gasteiger partial charge in [0.1, 0.15) is 24.7 Å². The summed E-state index contributed by atoms with van der Waals surface area (Å²) in [5.74, 6) is -2.06. The molecule has 0 saturated heterocycles. The second kappa shape index (κ2) is 14.8. The molecule has 39 heavy (non-hydrogen) atoms. The van der Waals surface area contributed by atoms with Gasteiger partial charge in [0.25, 0.3) is 0 Å². The van der Waals surface area contributed by atoms with Crippen molar-refractivity contribution in [3.8, 4) is 11.5 Å². The van der Waals surface area contributed by atoms with E-state index in [9.17, 15) is 30.0 Å². The van der Waals surface area contributed by atoms with Gasteiger partial charge in [0.05, 0.1) is 31.1 Å². The first-order chi connectivity index (χ1) is 18.3. The van der Waals surface area contributed by atoms with Gasteiger partial charge in [-0.05, 0) is 113 Å². The summed E-state index contributed by atoms with van der Waals surface area (Å²) < 4.78 is 13.6. The van der Waals surface area contributed by atoms with Crippen LogP contribution >= 0.6 is 63.7 Å². The molecular formula is C27H28Br4O8. The molecule has 0 aliphatic heterocycles. The van der Waals surface area contributed by atoms with Crippen LogP contribution in [0.1, 0.15) is 31.9 Å². The Morgan fingerprint density at radius 1 is 0.769 bits per heavy atom. The van der Waals surface area contributed by atoms with E-state index < -0.39 is 23.3 Å². The van der Waals surface area contributed by atoms with Crippen LogP contribution in [0.25, 0.3) is 0 Å². The van der Waals surface area contributed by atoms with Crippen LogP contribution in [0.2, 0.25) is 0 Å². The second-order valence-electron chi connectivity index (χ2n) is 8.72. The van der Waals surface area contributed by atoms with Crippen molar-refractivity contribution in [2.45, 2.75) is 26.2 Å². The van der Waals surface area contributed by atoms with E-state index in [0.717, 1.165) is 0 Å². The van der Waals surface area contributed by atoms with Crippen LogP contribution < -0.4 is 9.47 Å². The molecule has 2 aromatic rings. The van der Waals surface area contributed by atoms with Crippen LogP contribution in [0.4, 0.5) is 0 Å². The third-order valence-corrected chi connectivity index (χ3v) is 8.43. The zero-order valence-corrected chi connectivity index (χ0v) is 27.6. The first-order valence-corrected chi connectivity index (χ1v) is 14.7. The lowest BCUT2D eigenvalue weighted by molar-refractivity contribution is -0.133. The fourth-order valence-corrected chi connectivity index (χ4v) is 6.74. The Morgan fingerprint density at radius 2 is 1.08 bits per heavy atom. The maximum Gasteiger partial charge on any atom is 0.330 e. The Bertz CT molecular complexity index is 1150. The van der Waals surface area contributed by atoms with Gasteiger partial charge in [-0.1, -0.05) is 19.1 Å². The van der Waals surface area contributed by atoms with Crippen molar-refractivity contribution in [1.82, 2.24) is 0 Å². The summed E-state index contributed by atoms with van der Waals surface area (Å²) in [6, 6.07) is 7.26. The lowest BCUT2D eigenvalue weighted by Crippen LogP contribution is -2.33. The van der Waals surface area contributed by atoms with Gasteiger partial charge in [-0.2, -0.15) is 0 Å². The maximum absolute atomic E-state index is 11.9. The number of aliphatic hydroxyl groups excluding tert-OH is 2. The number of carboxylic acids is 2. The van der Waals surface area contributed by atoms with Crippen LogP contribution in [-0.2, 0) is 15.0 Å². The monoisotopic (exact) mass is 796 g/mol. The summed E-state index contributed by atoms with van der Waals surface area (Å²) >= 11 is 14.2. The molecular weight excluding hydrogens is 772 g/mol. The third kappa shape index (κ3) is 8.17. The summed E-state index contributed by atoms with van der Waals surface area (Å²) in [5.41, 5.74) is 0.461. The molecule has 0 amide bonds. The molecule has 0 heterocycles. The normalized spacial score (nSPS) is 13.3. The van der Waals surface area contributed by atoms with Crippen molar-refractivity contribution in [2.24, 2.45) is 5.92 Å². The standard InChI is InChI=1S/C27H28Br4O8/c1-14(25(34)35)8-16(9-15(2)26(36)37)27(3,17-10-19(28)23(20(29)11-17)38-6-4-32)18-12-21(30)24(22(31)13-18)39-7-5-33/h8-13,16,32-33H,4-7H2,1-3H3,(H,34,35)(H,36,37). The summed E-state index contributed by atoms with van der Waals surface area (Å²) in [5, 5.41) is 37.8. The van der Waals surface area contributed by atoms with Crippen molar-refractivity contribution in [2.75, 3.05) is 26.4 Å². The van der Waals surface area contributed by atoms with Crippen LogP contribution in [0, 0.1) is 5.92 Å². The SMILES string of the molecule is CC(=CC(C=C(C)C(=O)O)C(C)(c1cc(Br)c(OCCO)c(Br)c1)c1cc(Br)c(OCCO)c(Br)c1)C(=O)O. The smallest absolute Gasteiger partial charge is 0.330 e. The summed E-state index contributed by atoms with van der Waals surface area (Å²) in [6.07, 6.45) is 3.06. The van der Waals surface area contributed by atoms with Crippen molar-refractivity contribution >= 4 is 75.7 Å². The number of rotatable bonds is 13. The Kier molecular flexibility index (Phi) is 12.7. The molecule has 12 heteroatoms. The third-order valence-electron chi connectivity index (χ3n) is 6.07. The van der Waals surface area contributed by atoms with Gasteiger partial charge in [0, 0.05) is 22.5 Å². The number of allylic oxidation sites excluding steroid dienone is 2. The number of hydrogen-bond acceptors (Lipinski definition) is 6. The van der Waals surface area contributed by atoms with Crippen LogP contribution in [0.15, 0.2) is 65.5 Å². The van der Waals surface area contributed by atoms with Gasteiger partial charge in [-0.3, -0.25) is 0 Å². The quantitative estimate of drug-likeness (QED) is 0.170. The molecule has 0 radical (unpaired) electrons. The van der Waals surface area contributed by atoms with Crippen LogP contribution in [0.5, 0.6) is 11.5 Å². The molecule has 0 aliphatic carbocycles. The molecule has 2 rings (SSSR count). The van der Waals surface area contributed by atoms with Gasteiger partial charge >= 0.3 is 11.9 Å². The van der Waals surface area contributed by atoms with E-state index in [0.29, 0.717) is 40.5 Å². The molecule has 0 atom stereocenters. The van der Waals surface area contributed by atoms with Gasteiger partial charge < -0.3 is 29.9 Å². The average Bonchev–Trinajstić information content (AvgIpc) is 2.86. The first kappa shape index (κ1) is 33.5. The van der Waals surface area contributed by atoms with E-state index in [2.05, 4.69) is 63.7 Å². The van der Waals surface area contributed by atoms with E-state index in [1.54, 1.807) is 0 Å². The van der Waals surface area contributed by atoms with Gasteiger partial charge in [0.15, 0.2) is 0 Å². The zero-order valence-electron chi connectivity index (χ0n) is 21.3. The fraction of sp³-hybridized carbons (Fsp3) is 0.333. The van der Waals surface area contributed by atoms with Crippen molar-refractivity contribution < 1.29 is 39.5 Å². The largest absolute Gasteiger partial charge is 0.489 e. The molecule has 0 fully saturated rings. The van der Waals surface area contributed by atoms with Gasteiger partial charge in [-0.25, -0.2) is 9.59 Å². The molecule has 8 nitrogen and oxygen atoms in total. The zero-order chi connectivity index (χ0) is 29.5. The van der Waals surface area contributed by atoms with E-state index in [-0.39, 0.29) is 37.6 Å². The van der Waals surface area contributed by atoms with Crippen molar-refractivity contribution in [3.63, 3.8) is 0 Å². The number of hydrogen-bond donors (Lipinski definition) is 4. The number of aliphatic hydroxyl groups is 2. The number of aliphatic carboxylic acids is 2. The van der Waals surface area contributed by atoms with Crippen molar-refractivity contribution in [3.05, 3.63) is 76.6 Å². The molecule has 212 valence electrons. The highest BCUT2D eigenvalue weighted by Gasteiger charge is 2.38. The highest BCUT2D eigenvalue weighted by molar-refractivity contribution is 9.11. The Hall–Kier alpha value is -1.70. The molecule has 2 aromatic carbocycles. The highest BCUT2D eigenvalue weighted by Crippen LogP contribution is 2.48. The molecule has 0 aliphatic rings. The van der Waals surface area contributed by atoms with E-state index in [1.807, 2.05) is 31.2 Å². The Balaban J connectivity index is 2.98. The second-order valence-corrected chi connectivity index (χ2v) is 12.1. The first-order valence-electron chi connectivity index (χ1n) is 11.6. The van der Waals surface area contributed by atoms with E-state index >= 15 is 0 Å². The summed E-state index contributed by atoms with van der Waals surface area (Å²) in [7, 11) is 0. The lowest BCUT2D eigenvalue weighted by atomic mass is 9.66. The Labute approximate surface area is 260 Å². The van der Waals surface area contributed by atoms with E-state index in [4.69, 9.17) is 9.47 Å². The predicted molar refractivity (Wildman–Crippen MR) is 162 cm³/mol. The summed E-state index contributed by atoms with van der Waals surface area (Å²) in [4.78, 5) is 23.7. The minimum atomic E-state index is -1.13. The maximum atomic E-state index is 11.9. The molecule has 0 unspecified atom stereocenters. The minimum Gasteiger partial charge on any atom is -0.489 e. The highest BCUT2D eigenvalue weighted by atomic mass is 79.9. The number of halogens is 4. The van der Waals surface area contributed by atoms with Gasteiger partial charge in [0.2, 0.25) is 0 Å². The molecule has 4 N–H and O–H groups in total. The molecule has 0 bridgehead atoms. The Morgan fingerprint density at radius 3 is 1.33 bits per heavy atom. The number of benzene rings is 2. The van der Waals surface area contributed by atoms with Crippen LogP contribution in [-0.4, -0.2) is 58.8 Å². The van der Waals surface area contributed by atoms with Crippen LogP contribution in [0.3, 0.4) is 0 Å². The minimum absolute atomic E-state index is 0.0442. The van der Waals surface area contributed by atoms with E-state index in [1.165, 1.54) is 26.0 Å². The summed E-state index contributed by atoms with van der Waals surface area (Å²) in [6.45, 7) is 4.60. The fourth-order valence-electron chi connectivity index (χ4n) is 3.90.